The molecular formula is C22H19ClF2N4. The Bertz CT molecular complexity index is 1150. The molecule has 0 saturated heterocycles. The molecule has 3 aromatic rings. The zero-order valence-electron chi connectivity index (χ0n) is 15.5. The van der Waals surface area contributed by atoms with Crippen molar-refractivity contribution in [1.29, 1.82) is 0 Å². The van der Waals surface area contributed by atoms with Crippen molar-refractivity contribution in [2.24, 2.45) is 17.6 Å². The molecule has 0 bridgehead atoms. The van der Waals surface area contributed by atoms with Crippen LogP contribution in [0.2, 0.25) is 5.02 Å². The fourth-order valence-corrected chi connectivity index (χ4v) is 4.78. The van der Waals surface area contributed by atoms with Crippen molar-refractivity contribution >= 4 is 34.0 Å². The average Bonchev–Trinajstić information content (AvgIpc) is 3.48. The zero-order chi connectivity index (χ0) is 20.2. The number of nitrogens with zero attached hydrogens (tertiary/aromatic N) is 2. The van der Waals surface area contributed by atoms with E-state index in [1.807, 2.05) is 6.07 Å². The van der Waals surface area contributed by atoms with Gasteiger partial charge in [-0.05, 0) is 55.0 Å². The summed E-state index contributed by atoms with van der Waals surface area (Å²) in [6.07, 6.45) is 6.56. The highest BCUT2D eigenvalue weighted by molar-refractivity contribution is 6.31. The number of aromatic nitrogens is 2. The lowest BCUT2D eigenvalue weighted by molar-refractivity contribution is 0.296. The second kappa shape index (κ2) is 6.66. The topological polar surface area (TPSA) is 63.8 Å². The highest BCUT2D eigenvalue weighted by atomic mass is 35.5. The Morgan fingerprint density at radius 1 is 1.24 bits per heavy atom. The second-order valence-electron chi connectivity index (χ2n) is 7.90. The first-order valence-electron chi connectivity index (χ1n) is 9.50. The monoisotopic (exact) mass is 412 g/mol. The lowest BCUT2D eigenvalue weighted by Crippen LogP contribution is -2.35. The number of nitrogens with one attached hydrogen (secondary N) is 1. The third kappa shape index (κ3) is 3.02. The van der Waals surface area contributed by atoms with Gasteiger partial charge in [0.15, 0.2) is 5.82 Å². The highest BCUT2D eigenvalue weighted by Gasteiger charge is 2.56. The van der Waals surface area contributed by atoms with E-state index < -0.39 is 17.9 Å². The van der Waals surface area contributed by atoms with Crippen LogP contribution in [0.1, 0.15) is 18.4 Å². The summed E-state index contributed by atoms with van der Waals surface area (Å²) in [7, 11) is 0. The summed E-state index contributed by atoms with van der Waals surface area (Å²) in [5, 5.41) is 4.56. The lowest BCUT2D eigenvalue weighted by Gasteiger charge is -2.33. The van der Waals surface area contributed by atoms with Crippen LogP contribution in [0.15, 0.2) is 54.5 Å². The largest absolute Gasteiger partial charge is 0.402 e. The maximum absolute atomic E-state index is 14.8. The number of fused-ring (bicyclic) bond motifs is 2. The van der Waals surface area contributed by atoms with E-state index in [0.717, 1.165) is 18.2 Å². The van der Waals surface area contributed by atoms with E-state index >= 15 is 0 Å². The SMILES string of the molecule is NC1=C[C@](CF)(c2cc(Nc3nccc4cc(Cl)cnc34)ccc2F)[C@H]2C[C@H]2C1. The maximum atomic E-state index is 14.8. The molecular weight excluding hydrogens is 394 g/mol. The fourth-order valence-electron chi connectivity index (χ4n) is 4.61. The third-order valence-corrected chi connectivity index (χ3v) is 6.25. The van der Waals surface area contributed by atoms with E-state index in [1.54, 1.807) is 36.7 Å². The molecule has 1 aromatic carbocycles. The van der Waals surface area contributed by atoms with Crippen LogP contribution in [0.5, 0.6) is 0 Å². The molecule has 2 heterocycles. The quantitative estimate of drug-likeness (QED) is 0.613. The van der Waals surface area contributed by atoms with Crippen LogP contribution in [0, 0.1) is 17.7 Å². The number of allylic oxidation sites excluding steroid dienone is 2. The van der Waals surface area contributed by atoms with Crippen LogP contribution in [-0.4, -0.2) is 16.6 Å². The summed E-state index contributed by atoms with van der Waals surface area (Å²) in [6.45, 7) is -0.679. The molecule has 3 N–H and O–H groups in total. The summed E-state index contributed by atoms with van der Waals surface area (Å²) in [5.74, 6) is 0.513. The van der Waals surface area contributed by atoms with Crippen molar-refractivity contribution in [2.75, 3.05) is 12.0 Å². The maximum Gasteiger partial charge on any atom is 0.156 e. The van der Waals surface area contributed by atoms with E-state index in [0.29, 0.717) is 39.2 Å². The van der Waals surface area contributed by atoms with E-state index in [-0.39, 0.29) is 5.92 Å². The standard InChI is InChI=1S/C22H19ClF2N4/c23-14-5-12-3-4-27-21(20(12)28-10-14)29-16-1-2-19(25)18(8-16)22(11-24)9-15(26)6-13-7-17(13)22/h1-5,8-10,13,17H,6-7,11,26H2,(H,27,29)/t13-,17+,22-/m1/s1. The molecule has 2 aliphatic rings. The molecule has 1 fully saturated rings. The number of pyridine rings is 2. The van der Waals surface area contributed by atoms with Crippen molar-refractivity contribution < 1.29 is 8.78 Å². The Morgan fingerprint density at radius 2 is 2.10 bits per heavy atom. The van der Waals surface area contributed by atoms with Crippen LogP contribution in [0.4, 0.5) is 20.3 Å². The van der Waals surface area contributed by atoms with Crippen LogP contribution in [0.3, 0.4) is 0 Å². The summed E-state index contributed by atoms with van der Waals surface area (Å²) in [4.78, 5) is 8.70. The van der Waals surface area contributed by atoms with Crippen molar-refractivity contribution in [2.45, 2.75) is 18.3 Å². The van der Waals surface area contributed by atoms with E-state index in [2.05, 4.69) is 15.3 Å². The Morgan fingerprint density at radius 3 is 2.93 bits per heavy atom. The first kappa shape index (κ1) is 18.3. The molecule has 29 heavy (non-hydrogen) atoms. The average molecular weight is 413 g/mol. The Hall–Kier alpha value is -2.73. The van der Waals surface area contributed by atoms with Crippen molar-refractivity contribution in [3.05, 3.63) is 70.9 Å². The Kier molecular flexibility index (Phi) is 4.21. The van der Waals surface area contributed by atoms with E-state index in [1.165, 1.54) is 6.07 Å². The number of benzene rings is 1. The molecule has 7 heteroatoms. The molecule has 0 aliphatic heterocycles. The molecule has 3 atom stereocenters. The van der Waals surface area contributed by atoms with Crippen molar-refractivity contribution in [1.82, 2.24) is 9.97 Å². The van der Waals surface area contributed by atoms with Crippen molar-refractivity contribution in [3.63, 3.8) is 0 Å². The predicted octanol–water partition coefficient (Wildman–Crippen LogP) is 5.26. The van der Waals surface area contributed by atoms with Gasteiger partial charge in [-0.3, -0.25) is 4.98 Å². The van der Waals surface area contributed by atoms with Crippen LogP contribution in [0.25, 0.3) is 10.9 Å². The summed E-state index contributed by atoms with van der Waals surface area (Å²) < 4.78 is 29.2. The minimum Gasteiger partial charge on any atom is -0.402 e. The highest BCUT2D eigenvalue weighted by Crippen LogP contribution is 2.59. The van der Waals surface area contributed by atoms with Gasteiger partial charge in [0.1, 0.15) is 18.0 Å². The molecule has 2 aliphatic carbocycles. The molecule has 0 spiro atoms. The summed E-state index contributed by atoms with van der Waals surface area (Å²) >= 11 is 6.02. The number of alkyl halides is 1. The Labute approximate surface area is 171 Å². The number of halogens is 3. The van der Waals surface area contributed by atoms with E-state index in [4.69, 9.17) is 17.3 Å². The van der Waals surface area contributed by atoms with Crippen LogP contribution >= 0.6 is 11.6 Å². The number of hydrogen-bond acceptors (Lipinski definition) is 4. The molecule has 0 radical (unpaired) electrons. The van der Waals surface area contributed by atoms with Gasteiger partial charge in [0.2, 0.25) is 0 Å². The van der Waals surface area contributed by atoms with Gasteiger partial charge < -0.3 is 11.1 Å². The molecule has 2 aromatic heterocycles. The van der Waals surface area contributed by atoms with Gasteiger partial charge in [-0.1, -0.05) is 17.7 Å². The lowest BCUT2D eigenvalue weighted by atomic mass is 9.72. The van der Waals surface area contributed by atoms with Gasteiger partial charge in [-0.2, -0.15) is 0 Å². The number of anilines is 2. The summed E-state index contributed by atoms with van der Waals surface area (Å²) in [5.41, 5.74) is 7.27. The first-order chi connectivity index (χ1) is 14.0. The van der Waals surface area contributed by atoms with Gasteiger partial charge in [-0.25, -0.2) is 13.8 Å². The third-order valence-electron chi connectivity index (χ3n) is 6.04. The minimum atomic E-state index is -1.01. The van der Waals surface area contributed by atoms with Gasteiger partial charge in [-0.15, -0.1) is 0 Å². The fraction of sp³-hybridized carbons (Fsp3) is 0.273. The number of nitrogens with two attached hydrogens (primary N) is 1. The molecule has 4 nitrogen and oxygen atoms in total. The number of hydrogen-bond donors (Lipinski definition) is 2. The second-order valence-corrected chi connectivity index (χ2v) is 8.34. The van der Waals surface area contributed by atoms with Crippen LogP contribution in [-0.2, 0) is 5.41 Å². The van der Waals surface area contributed by atoms with Gasteiger partial charge in [0.05, 0.1) is 5.02 Å². The normalized spacial score (nSPS) is 25.4. The van der Waals surface area contributed by atoms with Gasteiger partial charge in [0, 0.05) is 40.1 Å². The molecule has 5 rings (SSSR count). The Balaban J connectivity index is 1.57. The predicted molar refractivity (Wildman–Crippen MR) is 110 cm³/mol. The van der Waals surface area contributed by atoms with E-state index in [9.17, 15) is 8.78 Å². The minimum absolute atomic E-state index is 0.0871. The molecule has 1 saturated carbocycles. The molecule has 0 unspecified atom stereocenters. The molecule has 148 valence electrons. The van der Waals surface area contributed by atoms with Crippen molar-refractivity contribution in [3.8, 4) is 0 Å². The summed E-state index contributed by atoms with van der Waals surface area (Å²) in [6, 6.07) is 8.25. The first-order valence-corrected chi connectivity index (χ1v) is 9.88. The van der Waals surface area contributed by atoms with Gasteiger partial charge in [0.25, 0.3) is 0 Å². The molecule has 0 amide bonds. The zero-order valence-corrected chi connectivity index (χ0v) is 16.3. The number of rotatable bonds is 4. The van der Waals surface area contributed by atoms with Crippen LogP contribution < -0.4 is 11.1 Å². The van der Waals surface area contributed by atoms with Gasteiger partial charge >= 0.3 is 0 Å². The smallest absolute Gasteiger partial charge is 0.156 e.